The first-order valence-electron chi connectivity index (χ1n) is 5.97. The average Bonchev–Trinajstić information content (AvgIpc) is 2.90. The van der Waals surface area contributed by atoms with Gasteiger partial charge in [0.1, 0.15) is 4.99 Å². The number of benzene rings is 1. The number of hydrogen-bond acceptors (Lipinski definition) is 4. The monoisotopic (exact) mass is 388 g/mol. The van der Waals surface area contributed by atoms with Crippen molar-refractivity contribution in [2.24, 2.45) is 5.73 Å². The number of aromatic nitrogens is 2. The van der Waals surface area contributed by atoms with E-state index < -0.39 is 10.0 Å². The van der Waals surface area contributed by atoms with Crippen LogP contribution in [0.4, 0.5) is 5.69 Å². The zero-order valence-corrected chi connectivity index (χ0v) is 14.3. The Bertz CT molecular complexity index is 786. The third-order valence-electron chi connectivity index (χ3n) is 2.75. The van der Waals surface area contributed by atoms with Gasteiger partial charge in [-0.25, -0.2) is 4.98 Å². The van der Waals surface area contributed by atoms with E-state index in [0.717, 1.165) is 0 Å². The highest BCUT2D eigenvalue weighted by Gasteiger charge is 2.18. The summed E-state index contributed by atoms with van der Waals surface area (Å²) in [6.45, 7) is 2.55. The number of thiocarbonyl (C=S) groups is 1. The highest BCUT2D eigenvalue weighted by atomic mass is 79.9. The van der Waals surface area contributed by atoms with E-state index in [1.54, 1.807) is 22.8 Å². The Morgan fingerprint density at radius 1 is 1.52 bits per heavy atom. The predicted molar refractivity (Wildman–Crippen MR) is 88.7 cm³/mol. The SMILES string of the molecule is CCn1cnc(S(=O)(=O)Nc2ccc(C(N)=S)cc2Br)c1. The van der Waals surface area contributed by atoms with Crippen LogP contribution >= 0.6 is 28.1 Å². The second-order valence-electron chi connectivity index (χ2n) is 4.21. The molecule has 2 rings (SSSR count). The van der Waals surface area contributed by atoms with E-state index in [-0.39, 0.29) is 10.0 Å². The maximum atomic E-state index is 12.2. The number of nitrogens with one attached hydrogen (secondary N) is 1. The molecule has 0 saturated heterocycles. The van der Waals surface area contributed by atoms with E-state index >= 15 is 0 Å². The lowest BCUT2D eigenvalue weighted by Gasteiger charge is -2.09. The lowest BCUT2D eigenvalue weighted by molar-refractivity contribution is 0.598. The zero-order chi connectivity index (χ0) is 15.6. The van der Waals surface area contributed by atoms with Crippen LogP contribution in [0.25, 0.3) is 0 Å². The van der Waals surface area contributed by atoms with E-state index in [2.05, 4.69) is 25.6 Å². The first-order valence-corrected chi connectivity index (χ1v) is 8.66. The molecule has 0 spiro atoms. The lowest BCUT2D eigenvalue weighted by Crippen LogP contribution is -2.14. The molecule has 6 nitrogen and oxygen atoms in total. The van der Waals surface area contributed by atoms with Crippen molar-refractivity contribution in [2.45, 2.75) is 18.5 Å². The normalized spacial score (nSPS) is 11.3. The summed E-state index contributed by atoms with van der Waals surface area (Å²) < 4.78 is 29.2. The van der Waals surface area contributed by atoms with E-state index in [1.165, 1.54) is 12.5 Å². The summed E-state index contributed by atoms with van der Waals surface area (Å²) >= 11 is 8.16. The molecular formula is C12H13BrN4O2S2. The van der Waals surface area contributed by atoms with Crippen LogP contribution in [0.15, 0.2) is 40.2 Å². The molecule has 0 fully saturated rings. The molecule has 0 bridgehead atoms. The fourth-order valence-electron chi connectivity index (χ4n) is 1.60. The molecule has 0 aliphatic heterocycles. The molecular weight excluding hydrogens is 376 g/mol. The van der Waals surface area contributed by atoms with Gasteiger partial charge in [-0.05, 0) is 41.1 Å². The minimum Gasteiger partial charge on any atom is -0.389 e. The molecule has 0 radical (unpaired) electrons. The van der Waals surface area contributed by atoms with Crippen LogP contribution in [-0.2, 0) is 16.6 Å². The summed E-state index contributed by atoms with van der Waals surface area (Å²) in [6.07, 6.45) is 2.94. The Hall–Kier alpha value is -1.45. The van der Waals surface area contributed by atoms with Crippen molar-refractivity contribution < 1.29 is 8.42 Å². The summed E-state index contributed by atoms with van der Waals surface area (Å²) in [5, 5.41) is -0.0327. The minimum absolute atomic E-state index is 0.0327. The second kappa shape index (κ2) is 6.12. The first kappa shape index (κ1) is 15.9. The number of sulfonamides is 1. The molecule has 1 aromatic carbocycles. The first-order chi connectivity index (χ1) is 9.83. The van der Waals surface area contributed by atoms with E-state index in [0.29, 0.717) is 22.3 Å². The van der Waals surface area contributed by atoms with Gasteiger partial charge in [-0.3, -0.25) is 4.72 Å². The molecule has 3 N–H and O–H groups in total. The van der Waals surface area contributed by atoms with Crippen molar-refractivity contribution in [1.29, 1.82) is 0 Å². The topological polar surface area (TPSA) is 90.0 Å². The Labute approximate surface area is 136 Å². The van der Waals surface area contributed by atoms with Crippen LogP contribution < -0.4 is 10.5 Å². The maximum Gasteiger partial charge on any atom is 0.280 e. The number of hydrogen-bond donors (Lipinski definition) is 2. The summed E-state index contributed by atoms with van der Waals surface area (Å²) in [7, 11) is -3.73. The van der Waals surface area contributed by atoms with Crippen LogP contribution in [0.3, 0.4) is 0 Å². The number of halogens is 1. The average molecular weight is 389 g/mol. The zero-order valence-electron chi connectivity index (χ0n) is 11.1. The fourth-order valence-corrected chi connectivity index (χ4v) is 3.37. The van der Waals surface area contributed by atoms with Crippen LogP contribution in [0, 0.1) is 0 Å². The highest BCUT2D eigenvalue weighted by Crippen LogP contribution is 2.26. The van der Waals surface area contributed by atoms with E-state index in [4.69, 9.17) is 18.0 Å². The van der Waals surface area contributed by atoms with Gasteiger partial charge in [-0.1, -0.05) is 12.2 Å². The molecule has 2 aromatic rings. The van der Waals surface area contributed by atoms with Crippen molar-refractivity contribution in [3.63, 3.8) is 0 Å². The van der Waals surface area contributed by atoms with Gasteiger partial charge in [0.25, 0.3) is 10.0 Å². The number of nitrogens with two attached hydrogens (primary N) is 1. The van der Waals surface area contributed by atoms with Crippen LogP contribution in [0.5, 0.6) is 0 Å². The Balaban J connectivity index is 2.30. The molecule has 0 aliphatic carbocycles. The van der Waals surface area contributed by atoms with Crippen molar-refractivity contribution in [1.82, 2.24) is 9.55 Å². The fraction of sp³-hybridized carbons (Fsp3) is 0.167. The Morgan fingerprint density at radius 2 is 2.24 bits per heavy atom. The van der Waals surface area contributed by atoms with E-state index in [1.807, 2.05) is 6.92 Å². The summed E-state index contributed by atoms with van der Waals surface area (Å²) in [6, 6.07) is 4.90. The largest absolute Gasteiger partial charge is 0.389 e. The number of anilines is 1. The number of rotatable bonds is 5. The van der Waals surface area contributed by atoms with Crippen molar-refractivity contribution in [3.05, 3.63) is 40.8 Å². The molecule has 9 heteroatoms. The van der Waals surface area contributed by atoms with Gasteiger partial charge in [0.2, 0.25) is 0 Å². The number of imidazole rings is 1. The van der Waals surface area contributed by atoms with E-state index in [9.17, 15) is 8.42 Å². The molecule has 1 aromatic heterocycles. The molecule has 0 saturated carbocycles. The maximum absolute atomic E-state index is 12.2. The van der Waals surface area contributed by atoms with Gasteiger partial charge >= 0.3 is 0 Å². The van der Waals surface area contributed by atoms with Gasteiger partial charge in [0.05, 0.1) is 12.0 Å². The number of aryl methyl sites for hydroxylation is 1. The van der Waals surface area contributed by atoms with Crippen molar-refractivity contribution >= 4 is 48.8 Å². The van der Waals surface area contributed by atoms with Gasteiger partial charge in [-0.15, -0.1) is 0 Å². The minimum atomic E-state index is -3.73. The molecule has 0 amide bonds. The van der Waals surface area contributed by atoms with Crippen LogP contribution in [0.1, 0.15) is 12.5 Å². The molecule has 0 aliphatic rings. The smallest absolute Gasteiger partial charge is 0.280 e. The second-order valence-corrected chi connectivity index (χ2v) is 7.13. The molecule has 0 unspecified atom stereocenters. The van der Waals surface area contributed by atoms with Gasteiger partial charge < -0.3 is 10.3 Å². The molecule has 21 heavy (non-hydrogen) atoms. The molecule has 0 atom stereocenters. The van der Waals surface area contributed by atoms with Crippen LogP contribution in [-0.4, -0.2) is 23.0 Å². The standard InChI is InChI=1S/C12H13BrN4O2S2/c1-2-17-6-11(15-7-17)21(18,19)16-10-4-3-8(12(14)20)5-9(10)13/h3-7,16H,2H2,1H3,(H2,14,20). The summed E-state index contributed by atoms with van der Waals surface area (Å²) in [5.41, 5.74) is 6.57. The number of nitrogens with zero attached hydrogens (tertiary/aromatic N) is 2. The Morgan fingerprint density at radius 3 is 2.76 bits per heavy atom. The van der Waals surface area contributed by atoms with Crippen molar-refractivity contribution in [3.8, 4) is 0 Å². The third-order valence-corrected chi connectivity index (χ3v) is 4.89. The summed E-state index contributed by atoms with van der Waals surface area (Å²) in [4.78, 5) is 4.13. The van der Waals surface area contributed by atoms with Gasteiger partial charge in [0, 0.05) is 22.8 Å². The van der Waals surface area contributed by atoms with Crippen molar-refractivity contribution in [2.75, 3.05) is 4.72 Å². The predicted octanol–water partition coefficient (Wildman–Crippen LogP) is 2.10. The van der Waals surface area contributed by atoms with Gasteiger partial charge in [-0.2, -0.15) is 8.42 Å². The third kappa shape index (κ3) is 3.60. The highest BCUT2D eigenvalue weighted by molar-refractivity contribution is 9.10. The molecule has 112 valence electrons. The lowest BCUT2D eigenvalue weighted by atomic mass is 10.2. The van der Waals surface area contributed by atoms with Crippen LogP contribution in [0.2, 0.25) is 0 Å². The quantitative estimate of drug-likeness (QED) is 0.765. The van der Waals surface area contributed by atoms with Gasteiger partial charge in [0.15, 0.2) is 5.03 Å². The Kier molecular flexibility index (Phi) is 4.64. The summed E-state index contributed by atoms with van der Waals surface area (Å²) in [5.74, 6) is 0. The molecule has 1 heterocycles.